The van der Waals surface area contributed by atoms with Crippen molar-refractivity contribution >= 4 is 5.97 Å². The fraction of sp³-hybridized carbons (Fsp3) is 0.467. The van der Waals surface area contributed by atoms with Gasteiger partial charge in [0.15, 0.2) is 0 Å². The zero-order valence-electron chi connectivity index (χ0n) is 12.2. The lowest BCUT2D eigenvalue weighted by Gasteiger charge is -2.29. The SMILES string of the molecule is CC(c1ccc(C#N)cc1)N(CCN(C)C)CC(=O)O. The molecular formula is C15H21N3O2. The first-order valence-corrected chi connectivity index (χ1v) is 6.54. The average molecular weight is 275 g/mol. The molecule has 1 aromatic carbocycles. The van der Waals surface area contributed by atoms with Crippen molar-refractivity contribution in [2.75, 3.05) is 33.7 Å². The summed E-state index contributed by atoms with van der Waals surface area (Å²) in [6, 6.07) is 9.37. The van der Waals surface area contributed by atoms with E-state index in [0.29, 0.717) is 12.1 Å². The maximum Gasteiger partial charge on any atom is 0.317 e. The number of carbonyl (C=O) groups is 1. The van der Waals surface area contributed by atoms with Crippen molar-refractivity contribution in [3.63, 3.8) is 0 Å². The number of carboxylic acid groups (broad SMARTS) is 1. The van der Waals surface area contributed by atoms with E-state index < -0.39 is 5.97 Å². The lowest BCUT2D eigenvalue weighted by Crippen LogP contribution is -2.37. The second-order valence-corrected chi connectivity index (χ2v) is 5.08. The number of likely N-dealkylation sites (N-methyl/N-ethyl adjacent to an activating group) is 1. The van der Waals surface area contributed by atoms with Gasteiger partial charge in [-0.1, -0.05) is 12.1 Å². The first kappa shape index (κ1) is 16.2. The standard InChI is InChI=1S/C15H21N3O2/c1-12(14-6-4-13(10-16)5-7-14)18(11-15(19)20)9-8-17(2)3/h4-7,12H,8-9,11H2,1-3H3,(H,19,20). The van der Waals surface area contributed by atoms with Crippen molar-refractivity contribution in [3.05, 3.63) is 35.4 Å². The third kappa shape index (κ3) is 5.00. The van der Waals surface area contributed by atoms with Gasteiger partial charge in [0.05, 0.1) is 18.2 Å². The quantitative estimate of drug-likeness (QED) is 0.818. The van der Waals surface area contributed by atoms with Gasteiger partial charge in [-0.25, -0.2) is 0 Å². The van der Waals surface area contributed by atoms with Gasteiger partial charge in [0.2, 0.25) is 0 Å². The summed E-state index contributed by atoms with van der Waals surface area (Å²) in [4.78, 5) is 14.9. The first-order chi connectivity index (χ1) is 9.43. The van der Waals surface area contributed by atoms with Crippen LogP contribution in [-0.4, -0.2) is 54.6 Å². The first-order valence-electron chi connectivity index (χ1n) is 6.54. The minimum atomic E-state index is -0.829. The van der Waals surface area contributed by atoms with Crippen LogP contribution in [-0.2, 0) is 4.79 Å². The van der Waals surface area contributed by atoms with E-state index in [0.717, 1.165) is 12.1 Å². The predicted molar refractivity (Wildman–Crippen MR) is 77.3 cm³/mol. The van der Waals surface area contributed by atoms with Crippen LogP contribution in [0.5, 0.6) is 0 Å². The summed E-state index contributed by atoms with van der Waals surface area (Å²) in [6.45, 7) is 3.48. The van der Waals surface area contributed by atoms with Gasteiger partial charge < -0.3 is 10.0 Å². The molecule has 0 aliphatic carbocycles. The monoisotopic (exact) mass is 275 g/mol. The zero-order valence-corrected chi connectivity index (χ0v) is 12.2. The Kier molecular flexibility index (Phi) is 6.16. The third-order valence-electron chi connectivity index (χ3n) is 3.24. The Labute approximate surface area is 120 Å². The molecule has 20 heavy (non-hydrogen) atoms. The summed E-state index contributed by atoms with van der Waals surface area (Å²) in [5.41, 5.74) is 1.63. The molecule has 0 aromatic heterocycles. The van der Waals surface area contributed by atoms with Crippen molar-refractivity contribution in [2.45, 2.75) is 13.0 Å². The summed E-state index contributed by atoms with van der Waals surface area (Å²) in [5.74, 6) is -0.829. The van der Waals surface area contributed by atoms with Crippen molar-refractivity contribution in [2.24, 2.45) is 0 Å². The number of aliphatic carboxylic acids is 1. The molecule has 5 heteroatoms. The summed E-state index contributed by atoms with van der Waals surface area (Å²) in [5, 5.41) is 17.8. The van der Waals surface area contributed by atoms with Gasteiger partial charge in [-0.2, -0.15) is 5.26 Å². The van der Waals surface area contributed by atoms with Crippen LogP contribution in [0, 0.1) is 11.3 Å². The lowest BCUT2D eigenvalue weighted by atomic mass is 10.0. The minimum absolute atomic E-state index is 0.00112. The molecule has 5 nitrogen and oxygen atoms in total. The zero-order chi connectivity index (χ0) is 15.1. The van der Waals surface area contributed by atoms with Gasteiger partial charge in [-0.3, -0.25) is 9.69 Å². The minimum Gasteiger partial charge on any atom is -0.480 e. The Bertz CT molecular complexity index is 477. The van der Waals surface area contributed by atoms with Crippen LogP contribution in [0.4, 0.5) is 0 Å². The van der Waals surface area contributed by atoms with E-state index in [1.54, 1.807) is 12.1 Å². The molecule has 0 bridgehead atoms. The second kappa shape index (κ2) is 7.63. The van der Waals surface area contributed by atoms with Crippen molar-refractivity contribution in [3.8, 4) is 6.07 Å². The molecule has 1 N–H and O–H groups in total. The Balaban J connectivity index is 2.81. The fourth-order valence-corrected chi connectivity index (χ4v) is 1.96. The molecule has 108 valence electrons. The number of rotatable bonds is 7. The predicted octanol–water partition coefficient (Wildman–Crippen LogP) is 1.57. The van der Waals surface area contributed by atoms with Crippen molar-refractivity contribution in [1.29, 1.82) is 5.26 Å². The van der Waals surface area contributed by atoms with Gasteiger partial charge in [-0.15, -0.1) is 0 Å². The van der Waals surface area contributed by atoms with Gasteiger partial charge in [0, 0.05) is 19.1 Å². The molecular weight excluding hydrogens is 254 g/mol. The van der Waals surface area contributed by atoms with Gasteiger partial charge >= 0.3 is 5.97 Å². The van der Waals surface area contributed by atoms with Crippen LogP contribution in [0.25, 0.3) is 0 Å². The molecule has 0 saturated carbocycles. The normalized spacial score (nSPS) is 12.4. The molecule has 0 fully saturated rings. The van der Waals surface area contributed by atoms with Gasteiger partial charge in [0.25, 0.3) is 0 Å². The number of benzene rings is 1. The highest BCUT2D eigenvalue weighted by Crippen LogP contribution is 2.20. The Morgan fingerprint density at radius 3 is 2.35 bits per heavy atom. The number of carboxylic acids is 1. The number of hydrogen-bond acceptors (Lipinski definition) is 4. The topological polar surface area (TPSA) is 67.6 Å². The highest BCUT2D eigenvalue weighted by Gasteiger charge is 2.18. The maximum atomic E-state index is 11.0. The van der Waals surface area contributed by atoms with Gasteiger partial charge in [0.1, 0.15) is 0 Å². The molecule has 1 atom stereocenters. The molecule has 1 aromatic rings. The molecule has 1 rings (SSSR count). The highest BCUT2D eigenvalue weighted by atomic mass is 16.4. The van der Waals surface area contributed by atoms with Crippen LogP contribution in [0.3, 0.4) is 0 Å². The fourth-order valence-electron chi connectivity index (χ4n) is 1.96. The van der Waals surface area contributed by atoms with Crippen LogP contribution < -0.4 is 0 Å². The Morgan fingerprint density at radius 2 is 1.90 bits per heavy atom. The van der Waals surface area contributed by atoms with E-state index >= 15 is 0 Å². The molecule has 0 aliphatic heterocycles. The van der Waals surface area contributed by atoms with E-state index in [9.17, 15) is 4.79 Å². The summed E-state index contributed by atoms with van der Waals surface area (Å²) in [6.07, 6.45) is 0. The maximum absolute atomic E-state index is 11.0. The smallest absolute Gasteiger partial charge is 0.317 e. The van der Waals surface area contributed by atoms with Gasteiger partial charge in [-0.05, 0) is 38.7 Å². The summed E-state index contributed by atoms with van der Waals surface area (Å²) in [7, 11) is 3.93. The van der Waals surface area contributed by atoms with Crippen molar-refractivity contribution < 1.29 is 9.90 Å². The van der Waals surface area contributed by atoms with E-state index in [-0.39, 0.29) is 12.6 Å². The summed E-state index contributed by atoms with van der Waals surface area (Å²) < 4.78 is 0. The molecule has 0 aliphatic rings. The van der Waals surface area contributed by atoms with Crippen LogP contribution in [0.1, 0.15) is 24.1 Å². The van der Waals surface area contributed by atoms with E-state index in [1.165, 1.54) is 0 Å². The molecule has 0 spiro atoms. The molecule has 0 radical (unpaired) electrons. The molecule has 0 heterocycles. The molecule has 0 amide bonds. The van der Waals surface area contributed by atoms with E-state index in [4.69, 9.17) is 10.4 Å². The lowest BCUT2D eigenvalue weighted by molar-refractivity contribution is -0.138. The third-order valence-corrected chi connectivity index (χ3v) is 3.24. The average Bonchev–Trinajstić information content (AvgIpc) is 2.42. The molecule has 1 unspecified atom stereocenters. The van der Waals surface area contributed by atoms with Crippen LogP contribution in [0.2, 0.25) is 0 Å². The second-order valence-electron chi connectivity index (χ2n) is 5.08. The summed E-state index contributed by atoms with van der Waals surface area (Å²) >= 11 is 0. The van der Waals surface area contributed by atoms with E-state index in [2.05, 4.69) is 6.07 Å². The van der Waals surface area contributed by atoms with E-state index in [1.807, 2.05) is 43.0 Å². The van der Waals surface area contributed by atoms with Crippen LogP contribution in [0.15, 0.2) is 24.3 Å². The van der Waals surface area contributed by atoms with Crippen LogP contribution >= 0.6 is 0 Å². The highest BCUT2D eigenvalue weighted by molar-refractivity contribution is 5.69. The largest absolute Gasteiger partial charge is 0.480 e. The molecule has 0 saturated heterocycles. The Morgan fingerprint density at radius 1 is 1.30 bits per heavy atom. The number of nitriles is 1. The Hall–Kier alpha value is -1.90. The van der Waals surface area contributed by atoms with Crippen molar-refractivity contribution in [1.82, 2.24) is 9.80 Å². The number of nitrogens with zero attached hydrogens (tertiary/aromatic N) is 3. The number of hydrogen-bond donors (Lipinski definition) is 1.